The summed E-state index contributed by atoms with van der Waals surface area (Å²) in [6.45, 7) is 3.95. The van der Waals surface area contributed by atoms with Crippen LogP contribution in [0.5, 0.6) is 0 Å². The van der Waals surface area contributed by atoms with Crippen molar-refractivity contribution in [1.82, 2.24) is 9.97 Å². The molecule has 37 heavy (non-hydrogen) atoms. The maximum absolute atomic E-state index is 13.1. The highest BCUT2D eigenvalue weighted by Gasteiger charge is 2.19. The molecule has 0 bridgehead atoms. The maximum Gasteiger partial charge on any atom is 0.283 e. The minimum Gasteiger partial charge on any atom is -0.305 e. The van der Waals surface area contributed by atoms with Crippen LogP contribution in [0.25, 0.3) is 32.5 Å². The predicted octanol–water partition coefficient (Wildman–Crippen LogP) is 8.06. The van der Waals surface area contributed by atoms with Crippen molar-refractivity contribution < 1.29 is 4.92 Å². The number of rotatable bonds is 6. The van der Waals surface area contributed by atoms with Crippen molar-refractivity contribution >= 4 is 61.7 Å². The highest BCUT2D eigenvalue weighted by Crippen LogP contribution is 2.38. The van der Waals surface area contributed by atoms with E-state index in [0.29, 0.717) is 20.7 Å². The first-order valence-electron chi connectivity index (χ1n) is 11.3. The number of halogens is 1. The third kappa shape index (κ3) is 5.22. The summed E-state index contributed by atoms with van der Waals surface area (Å²) in [7, 11) is 0. The van der Waals surface area contributed by atoms with Crippen molar-refractivity contribution in [3.05, 3.63) is 115 Å². The van der Waals surface area contributed by atoms with E-state index in [1.54, 1.807) is 18.2 Å². The van der Waals surface area contributed by atoms with Crippen molar-refractivity contribution in [3.63, 3.8) is 0 Å². The molecule has 1 N–H and O–H groups in total. The lowest BCUT2D eigenvalue weighted by Crippen LogP contribution is -2.10. The van der Waals surface area contributed by atoms with Crippen LogP contribution in [0.2, 0.25) is 0 Å². The van der Waals surface area contributed by atoms with Gasteiger partial charge in [0.25, 0.3) is 11.2 Å². The van der Waals surface area contributed by atoms with Crippen LogP contribution >= 0.6 is 34.7 Å². The minimum absolute atomic E-state index is 0.0259. The largest absolute Gasteiger partial charge is 0.305 e. The normalized spacial score (nSPS) is 11.7. The second-order valence-electron chi connectivity index (χ2n) is 8.39. The summed E-state index contributed by atoms with van der Waals surface area (Å²) < 4.78 is 0. The van der Waals surface area contributed by atoms with Crippen LogP contribution in [0.3, 0.4) is 0 Å². The monoisotopic (exact) mass is 545 g/mol. The number of fused-ring (bicyclic) bond motifs is 1. The summed E-state index contributed by atoms with van der Waals surface area (Å²) in [5.74, 6) is 0.209. The fourth-order valence-corrected chi connectivity index (χ4v) is 6.15. The number of aryl methyl sites for hydroxylation is 2. The Morgan fingerprint density at radius 2 is 1.81 bits per heavy atom. The SMILES string of the molecule is Cc1ccc(Sc2ccc(C=C(Cl)c3nc4sc(C)c(-c5ccccc5)c4c(=O)[nH]3)cc2[N+](=O)[O-])cc1. The molecule has 0 aliphatic heterocycles. The Labute approximate surface area is 225 Å². The third-order valence-electron chi connectivity index (χ3n) is 5.75. The molecule has 0 aliphatic rings. The number of H-pyrrole nitrogens is 1. The molecule has 5 rings (SSSR count). The molecular formula is C28H20ClN3O3S2. The lowest BCUT2D eigenvalue weighted by molar-refractivity contribution is -0.387. The summed E-state index contributed by atoms with van der Waals surface area (Å²) in [5, 5.41) is 12.5. The van der Waals surface area contributed by atoms with Crippen LogP contribution in [-0.4, -0.2) is 14.9 Å². The Balaban J connectivity index is 1.50. The molecule has 0 atom stereocenters. The molecule has 2 aromatic heterocycles. The van der Waals surface area contributed by atoms with Gasteiger partial charge >= 0.3 is 0 Å². The number of aromatic amines is 1. The van der Waals surface area contributed by atoms with Gasteiger partial charge in [-0.2, -0.15) is 0 Å². The zero-order valence-electron chi connectivity index (χ0n) is 19.8. The van der Waals surface area contributed by atoms with Gasteiger partial charge in [-0.05, 0) is 49.2 Å². The number of benzene rings is 3. The van der Waals surface area contributed by atoms with E-state index in [-0.39, 0.29) is 22.1 Å². The molecule has 0 radical (unpaired) electrons. The lowest BCUT2D eigenvalue weighted by Gasteiger charge is -2.06. The summed E-state index contributed by atoms with van der Waals surface area (Å²) >= 11 is 9.30. The Kier molecular flexibility index (Phi) is 6.97. The van der Waals surface area contributed by atoms with Crippen molar-refractivity contribution in [2.75, 3.05) is 0 Å². The number of hydrogen-bond acceptors (Lipinski definition) is 6. The Hall–Kier alpha value is -3.72. The fourth-order valence-electron chi connectivity index (χ4n) is 3.99. The molecule has 3 aromatic carbocycles. The Morgan fingerprint density at radius 3 is 2.51 bits per heavy atom. The van der Waals surface area contributed by atoms with Gasteiger partial charge in [0.05, 0.1) is 20.2 Å². The van der Waals surface area contributed by atoms with Crippen molar-refractivity contribution in [3.8, 4) is 11.1 Å². The number of nitro benzene ring substituents is 1. The highest BCUT2D eigenvalue weighted by molar-refractivity contribution is 7.99. The van der Waals surface area contributed by atoms with E-state index in [1.807, 2.05) is 68.4 Å². The molecule has 0 saturated carbocycles. The van der Waals surface area contributed by atoms with Gasteiger partial charge in [-0.25, -0.2) is 4.98 Å². The molecule has 0 spiro atoms. The smallest absolute Gasteiger partial charge is 0.283 e. The van der Waals surface area contributed by atoms with E-state index in [2.05, 4.69) is 9.97 Å². The highest BCUT2D eigenvalue weighted by atomic mass is 35.5. The molecule has 0 saturated heterocycles. The number of thiophene rings is 1. The molecule has 184 valence electrons. The molecule has 9 heteroatoms. The van der Waals surface area contributed by atoms with Gasteiger partial charge in [-0.15, -0.1) is 11.3 Å². The zero-order valence-corrected chi connectivity index (χ0v) is 22.2. The molecule has 0 amide bonds. The first-order valence-corrected chi connectivity index (χ1v) is 13.3. The van der Waals surface area contributed by atoms with Gasteiger partial charge in [0, 0.05) is 21.4 Å². The predicted molar refractivity (Wildman–Crippen MR) is 153 cm³/mol. The van der Waals surface area contributed by atoms with E-state index in [1.165, 1.54) is 29.2 Å². The number of aromatic nitrogens is 2. The standard InChI is InChI=1S/C28H20ClN3O3S2/c1-16-8-11-20(12-9-16)37-23-13-10-18(15-22(23)32(34)35)14-21(29)26-30-27(33)25-24(17(2)36-28(25)31-26)19-6-4-3-5-7-19/h3-15H,1-2H3,(H,30,31,33). The van der Waals surface area contributed by atoms with Crippen LogP contribution in [-0.2, 0) is 0 Å². The number of nitro groups is 1. The molecule has 6 nitrogen and oxygen atoms in total. The van der Waals surface area contributed by atoms with E-state index in [0.717, 1.165) is 26.5 Å². The number of nitrogens with zero attached hydrogens (tertiary/aromatic N) is 2. The van der Waals surface area contributed by atoms with Crippen LogP contribution in [0.1, 0.15) is 21.8 Å². The van der Waals surface area contributed by atoms with Gasteiger partial charge in [-0.1, -0.05) is 77.5 Å². The zero-order chi connectivity index (χ0) is 26.1. The molecular weight excluding hydrogens is 526 g/mol. The van der Waals surface area contributed by atoms with Gasteiger partial charge in [0.15, 0.2) is 5.82 Å². The van der Waals surface area contributed by atoms with Crippen LogP contribution in [0.15, 0.2) is 87.4 Å². The molecule has 0 aliphatic carbocycles. The molecule has 2 heterocycles. The molecule has 0 fully saturated rings. The summed E-state index contributed by atoms with van der Waals surface area (Å²) in [5.41, 5.74) is 3.14. The second-order valence-corrected chi connectivity index (χ2v) is 11.1. The molecule has 5 aromatic rings. The Bertz CT molecular complexity index is 1730. The van der Waals surface area contributed by atoms with E-state index < -0.39 is 4.92 Å². The minimum atomic E-state index is -0.409. The van der Waals surface area contributed by atoms with Crippen LogP contribution in [0, 0.1) is 24.0 Å². The van der Waals surface area contributed by atoms with Crippen LogP contribution < -0.4 is 5.56 Å². The second kappa shape index (κ2) is 10.3. The summed E-state index contributed by atoms with van der Waals surface area (Å²) in [6.07, 6.45) is 1.57. The quantitative estimate of drug-likeness (QED) is 0.172. The third-order valence-corrected chi connectivity index (χ3v) is 8.11. The van der Waals surface area contributed by atoms with Gasteiger partial charge < -0.3 is 4.98 Å². The van der Waals surface area contributed by atoms with Gasteiger partial charge in [0.2, 0.25) is 0 Å². The van der Waals surface area contributed by atoms with E-state index >= 15 is 0 Å². The Morgan fingerprint density at radius 1 is 1.08 bits per heavy atom. The first kappa shape index (κ1) is 25.0. The van der Waals surface area contributed by atoms with Crippen molar-refractivity contribution in [2.45, 2.75) is 23.6 Å². The molecule has 0 unspecified atom stereocenters. The van der Waals surface area contributed by atoms with Crippen LogP contribution in [0.4, 0.5) is 5.69 Å². The van der Waals surface area contributed by atoms with Gasteiger partial charge in [0.1, 0.15) is 4.83 Å². The first-order chi connectivity index (χ1) is 17.8. The average Bonchev–Trinajstić information content (AvgIpc) is 3.23. The summed E-state index contributed by atoms with van der Waals surface area (Å²) in [4.78, 5) is 34.8. The van der Waals surface area contributed by atoms with Gasteiger partial charge in [-0.3, -0.25) is 14.9 Å². The fraction of sp³-hybridized carbons (Fsp3) is 0.0714. The van der Waals surface area contributed by atoms with E-state index in [4.69, 9.17) is 11.6 Å². The number of hydrogen-bond donors (Lipinski definition) is 1. The van der Waals surface area contributed by atoms with E-state index in [9.17, 15) is 14.9 Å². The summed E-state index contributed by atoms with van der Waals surface area (Å²) in [6, 6.07) is 22.4. The maximum atomic E-state index is 13.1. The number of nitrogens with one attached hydrogen (secondary N) is 1. The van der Waals surface area contributed by atoms with Crippen molar-refractivity contribution in [1.29, 1.82) is 0 Å². The van der Waals surface area contributed by atoms with Crippen molar-refractivity contribution in [2.24, 2.45) is 0 Å². The lowest BCUT2D eigenvalue weighted by atomic mass is 10.0. The topological polar surface area (TPSA) is 88.9 Å². The average molecular weight is 546 g/mol.